The van der Waals surface area contributed by atoms with Gasteiger partial charge in [0.25, 0.3) is 5.91 Å². The van der Waals surface area contributed by atoms with E-state index in [9.17, 15) is 27.0 Å². The van der Waals surface area contributed by atoms with E-state index >= 15 is 0 Å². The molecule has 30 heavy (non-hydrogen) atoms. The first-order valence-electron chi connectivity index (χ1n) is 8.66. The topological polar surface area (TPSA) is 90.9 Å². The van der Waals surface area contributed by atoms with Crippen molar-refractivity contribution in [1.29, 1.82) is 0 Å². The molecule has 0 radical (unpaired) electrons. The van der Waals surface area contributed by atoms with Crippen molar-refractivity contribution in [2.24, 2.45) is 0 Å². The number of fused-ring (bicyclic) bond motifs is 1. The molecule has 1 aliphatic heterocycles. The molecule has 0 atom stereocenters. The van der Waals surface area contributed by atoms with E-state index in [-0.39, 0.29) is 30.1 Å². The molecule has 2 rings (SSSR count). The number of allylic oxidation sites excluding steroid dienone is 1. The van der Waals surface area contributed by atoms with E-state index in [1.165, 1.54) is 12.1 Å². The Kier molecular flexibility index (Phi) is 9.57. The number of esters is 1. The molecule has 7 nitrogen and oxygen atoms in total. The van der Waals surface area contributed by atoms with E-state index in [0.29, 0.717) is 5.69 Å². The SMILES string of the molecule is CCOC(=O)/C=C(\C=C1\C(=O)Nc2ccc(OC(F)(F)F)cc21)OCC.CS(C)=O. The fraction of sp³-hybridized carbons (Fsp3) is 0.368. The highest BCUT2D eigenvalue weighted by atomic mass is 32.2. The maximum Gasteiger partial charge on any atom is 0.573 e. The predicted molar refractivity (Wildman–Crippen MR) is 106 cm³/mol. The highest BCUT2D eigenvalue weighted by molar-refractivity contribution is 7.83. The molecule has 0 unspecified atom stereocenters. The molecule has 0 aliphatic carbocycles. The van der Waals surface area contributed by atoms with Gasteiger partial charge in [0.2, 0.25) is 0 Å². The van der Waals surface area contributed by atoms with Crippen molar-refractivity contribution in [3.63, 3.8) is 0 Å². The first-order valence-corrected chi connectivity index (χ1v) is 10.6. The third-order valence-electron chi connectivity index (χ3n) is 3.15. The Labute approximate surface area is 174 Å². The van der Waals surface area contributed by atoms with Crippen molar-refractivity contribution in [3.05, 3.63) is 41.7 Å². The second kappa shape index (κ2) is 11.4. The third kappa shape index (κ3) is 8.68. The second-order valence-corrected chi connectivity index (χ2v) is 7.22. The van der Waals surface area contributed by atoms with Gasteiger partial charge in [-0.1, -0.05) is 0 Å². The van der Waals surface area contributed by atoms with Crippen LogP contribution in [0.15, 0.2) is 36.1 Å². The standard InChI is InChI=1S/C17H16F3NO5.C2H6OS/c1-3-24-11(9-15(22)25-4-2)8-13-12-7-10(26-17(18,19)20)5-6-14(12)21-16(13)23;1-4(2)3/h5-9H,3-4H2,1-2H3,(H,21,23);1-2H3/b11-9+,13-8+;. The molecule has 1 amide bonds. The van der Waals surface area contributed by atoms with Crippen LogP contribution >= 0.6 is 0 Å². The van der Waals surface area contributed by atoms with Crippen LogP contribution in [-0.4, -0.2) is 48.2 Å². The number of anilines is 1. The van der Waals surface area contributed by atoms with E-state index in [0.717, 1.165) is 18.2 Å². The Morgan fingerprint density at radius 3 is 2.30 bits per heavy atom. The van der Waals surface area contributed by atoms with Gasteiger partial charge in [0.15, 0.2) is 0 Å². The summed E-state index contributed by atoms with van der Waals surface area (Å²) in [6.45, 7) is 3.68. The van der Waals surface area contributed by atoms with Gasteiger partial charge in [-0.25, -0.2) is 4.79 Å². The molecular weight excluding hydrogens is 427 g/mol. The molecule has 11 heteroatoms. The van der Waals surface area contributed by atoms with Gasteiger partial charge in [-0.2, -0.15) is 0 Å². The lowest BCUT2D eigenvalue weighted by molar-refractivity contribution is -0.274. The predicted octanol–water partition coefficient (Wildman–Crippen LogP) is 3.40. The molecule has 1 N–H and O–H groups in total. The number of carbonyl (C=O) groups is 2. The highest BCUT2D eigenvalue weighted by Gasteiger charge is 2.32. The summed E-state index contributed by atoms with van der Waals surface area (Å²) >= 11 is 0. The van der Waals surface area contributed by atoms with Gasteiger partial charge < -0.3 is 19.5 Å². The van der Waals surface area contributed by atoms with Crippen LogP contribution in [0.3, 0.4) is 0 Å². The van der Waals surface area contributed by atoms with Gasteiger partial charge in [-0.3, -0.25) is 9.00 Å². The summed E-state index contributed by atoms with van der Waals surface area (Å²) in [6.07, 6.45) is 0.745. The number of carbonyl (C=O) groups excluding carboxylic acids is 2. The van der Waals surface area contributed by atoms with Gasteiger partial charge in [0, 0.05) is 34.6 Å². The summed E-state index contributed by atoms with van der Waals surface area (Å²) < 4.78 is 60.7. The van der Waals surface area contributed by atoms with Gasteiger partial charge in [0.1, 0.15) is 11.5 Å². The lowest BCUT2D eigenvalue weighted by Crippen LogP contribution is -2.17. The van der Waals surface area contributed by atoms with Gasteiger partial charge in [-0.15, -0.1) is 13.2 Å². The van der Waals surface area contributed by atoms with Crippen molar-refractivity contribution in [3.8, 4) is 5.75 Å². The summed E-state index contributed by atoms with van der Waals surface area (Å²) in [5, 5.41) is 2.52. The molecule has 1 aliphatic rings. The maximum atomic E-state index is 12.4. The summed E-state index contributed by atoms with van der Waals surface area (Å²) in [5.41, 5.74) is 0.561. The molecule has 0 spiro atoms. The number of alkyl halides is 3. The van der Waals surface area contributed by atoms with Crippen molar-refractivity contribution in [2.45, 2.75) is 20.2 Å². The summed E-state index contributed by atoms with van der Waals surface area (Å²) in [6, 6.07) is 3.47. The lowest BCUT2D eigenvalue weighted by Gasteiger charge is -2.10. The summed E-state index contributed by atoms with van der Waals surface area (Å²) in [4.78, 5) is 23.7. The molecule has 1 heterocycles. The molecule has 0 aromatic heterocycles. The number of amides is 1. The van der Waals surface area contributed by atoms with Crippen molar-refractivity contribution in [1.82, 2.24) is 0 Å². The lowest BCUT2D eigenvalue weighted by atomic mass is 10.1. The van der Waals surface area contributed by atoms with Crippen LogP contribution in [-0.2, 0) is 29.9 Å². The van der Waals surface area contributed by atoms with Crippen LogP contribution in [0, 0.1) is 0 Å². The number of hydrogen-bond acceptors (Lipinski definition) is 6. The average Bonchev–Trinajstić information content (AvgIpc) is 2.89. The second-order valence-electron chi connectivity index (χ2n) is 5.74. The molecule has 0 bridgehead atoms. The maximum absolute atomic E-state index is 12.4. The first-order chi connectivity index (χ1) is 14.0. The van der Waals surface area contributed by atoms with Crippen molar-refractivity contribution in [2.75, 3.05) is 31.0 Å². The smallest absolute Gasteiger partial charge is 0.494 e. The van der Waals surface area contributed by atoms with Crippen LogP contribution in [0.4, 0.5) is 18.9 Å². The number of hydrogen-bond donors (Lipinski definition) is 1. The Balaban J connectivity index is 0.00000103. The fourth-order valence-electron chi connectivity index (χ4n) is 2.24. The van der Waals surface area contributed by atoms with Crippen LogP contribution in [0.2, 0.25) is 0 Å². The molecule has 0 fully saturated rings. The van der Waals surface area contributed by atoms with E-state index in [2.05, 4.69) is 10.1 Å². The zero-order valence-electron chi connectivity index (χ0n) is 16.8. The largest absolute Gasteiger partial charge is 0.573 e. The first kappa shape index (κ1) is 25.2. The average molecular weight is 449 g/mol. The molecule has 166 valence electrons. The van der Waals surface area contributed by atoms with Crippen LogP contribution in [0.5, 0.6) is 5.75 Å². The summed E-state index contributed by atoms with van der Waals surface area (Å²) in [5.74, 6) is -1.63. The summed E-state index contributed by atoms with van der Waals surface area (Å²) in [7, 11) is -0.611. The Morgan fingerprint density at radius 1 is 1.17 bits per heavy atom. The Bertz CT molecular complexity index is 860. The Hall–Kier alpha value is -2.82. The number of halogens is 3. The van der Waals surface area contributed by atoms with Crippen LogP contribution in [0.1, 0.15) is 19.4 Å². The van der Waals surface area contributed by atoms with Gasteiger partial charge in [0.05, 0.1) is 24.9 Å². The molecule has 0 saturated heterocycles. The molecule has 1 aromatic rings. The number of benzene rings is 1. The Morgan fingerprint density at radius 2 is 1.77 bits per heavy atom. The van der Waals surface area contributed by atoms with E-state index in [1.54, 1.807) is 26.4 Å². The number of ether oxygens (including phenoxy) is 3. The minimum atomic E-state index is -4.85. The van der Waals surface area contributed by atoms with Crippen LogP contribution < -0.4 is 10.1 Å². The minimum Gasteiger partial charge on any atom is -0.494 e. The van der Waals surface area contributed by atoms with E-state index in [4.69, 9.17) is 9.47 Å². The van der Waals surface area contributed by atoms with E-state index < -0.39 is 34.8 Å². The third-order valence-corrected chi connectivity index (χ3v) is 3.15. The molecular formula is C19H22F3NO6S. The van der Waals surface area contributed by atoms with Gasteiger partial charge >= 0.3 is 12.3 Å². The van der Waals surface area contributed by atoms with Crippen molar-refractivity contribution >= 4 is 33.9 Å². The molecule has 0 saturated carbocycles. The fourth-order valence-corrected chi connectivity index (χ4v) is 2.24. The monoisotopic (exact) mass is 449 g/mol. The van der Waals surface area contributed by atoms with Gasteiger partial charge in [-0.05, 0) is 38.1 Å². The van der Waals surface area contributed by atoms with E-state index in [1.807, 2.05) is 0 Å². The zero-order valence-corrected chi connectivity index (χ0v) is 17.6. The highest BCUT2D eigenvalue weighted by Crippen LogP contribution is 2.36. The number of nitrogens with one attached hydrogen (secondary N) is 1. The molecule has 1 aromatic carbocycles. The van der Waals surface area contributed by atoms with Crippen LogP contribution in [0.25, 0.3) is 5.57 Å². The normalized spacial score (nSPS) is 14.6. The quantitative estimate of drug-likeness (QED) is 0.407. The minimum absolute atomic E-state index is 0.0385. The van der Waals surface area contributed by atoms with Crippen molar-refractivity contribution < 1.29 is 41.2 Å². The zero-order chi connectivity index (χ0) is 22.9. The number of rotatable bonds is 6.